The van der Waals surface area contributed by atoms with E-state index >= 15 is 4.39 Å². The normalized spacial score (nSPS) is 14.5. The number of fused-ring (bicyclic) bond motifs is 3. The van der Waals surface area contributed by atoms with Crippen molar-refractivity contribution in [2.75, 3.05) is 11.9 Å². The number of halogens is 1. The van der Waals surface area contributed by atoms with Crippen LogP contribution in [0.2, 0.25) is 0 Å². The van der Waals surface area contributed by atoms with Crippen LogP contribution < -0.4 is 20.5 Å². The Bertz CT molecular complexity index is 899. The smallest absolute Gasteiger partial charge is 0.410 e. The Morgan fingerprint density at radius 2 is 2.21 bits per heavy atom. The summed E-state index contributed by atoms with van der Waals surface area (Å²) in [4.78, 5) is 14.8. The van der Waals surface area contributed by atoms with E-state index in [4.69, 9.17) is 20.3 Å². The summed E-state index contributed by atoms with van der Waals surface area (Å²) in [5, 5.41) is 11.0. The van der Waals surface area contributed by atoms with E-state index in [2.05, 4.69) is 24.1 Å². The number of rotatable bonds is 6. The zero-order chi connectivity index (χ0) is 20.5. The standard InChI is InChI=1S/C20H24FN3O4/c1-11(2)7-20(3,22)10-28-15-5-4-12-13-6-17(24-19(25)26)23-8-16(13)27-9-14(12)18(15)21/h4-6,8,11H,7,9-10,22H2,1-3H3,(H,23,24)(H,25,26). The van der Waals surface area contributed by atoms with Crippen molar-refractivity contribution < 1.29 is 23.8 Å². The minimum atomic E-state index is -1.23. The lowest BCUT2D eigenvalue weighted by molar-refractivity contribution is 0.198. The van der Waals surface area contributed by atoms with Crippen LogP contribution in [0.5, 0.6) is 11.5 Å². The fourth-order valence-corrected chi connectivity index (χ4v) is 3.43. The monoisotopic (exact) mass is 389 g/mol. The van der Waals surface area contributed by atoms with Gasteiger partial charge in [-0.1, -0.05) is 13.8 Å². The molecule has 4 N–H and O–H groups in total. The second kappa shape index (κ2) is 7.63. The van der Waals surface area contributed by atoms with Gasteiger partial charge in [0.15, 0.2) is 11.6 Å². The van der Waals surface area contributed by atoms with Gasteiger partial charge in [-0.25, -0.2) is 14.2 Å². The maximum Gasteiger partial charge on any atom is 0.410 e. The van der Waals surface area contributed by atoms with Crippen LogP contribution in [0.1, 0.15) is 32.8 Å². The van der Waals surface area contributed by atoms with Crippen molar-refractivity contribution in [1.82, 2.24) is 4.98 Å². The highest BCUT2D eigenvalue weighted by molar-refractivity contribution is 5.84. The first-order valence-electron chi connectivity index (χ1n) is 9.02. The first-order chi connectivity index (χ1) is 13.2. The molecule has 150 valence electrons. The predicted octanol–water partition coefficient (Wildman–Crippen LogP) is 4.01. The van der Waals surface area contributed by atoms with Gasteiger partial charge in [0.2, 0.25) is 0 Å². The van der Waals surface area contributed by atoms with E-state index in [0.29, 0.717) is 28.4 Å². The number of pyridine rings is 1. The van der Waals surface area contributed by atoms with Crippen LogP contribution in [0.3, 0.4) is 0 Å². The van der Waals surface area contributed by atoms with Crippen molar-refractivity contribution in [3.8, 4) is 22.6 Å². The Morgan fingerprint density at radius 3 is 2.89 bits per heavy atom. The molecule has 28 heavy (non-hydrogen) atoms. The van der Waals surface area contributed by atoms with E-state index in [-0.39, 0.29) is 24.8 Å². The second-order valence-electron chi connectivity index (χ2n) is 7.73. The molecule has 0 saturated heterocycles. The summed E-state index contributed by atoms with van der Waals surface area (Å²) in [5.74, 6) is 0.607. The number of aromatic nitrogens is 1. The number of hydrogen-bond donors (Lipinski definition) is 3. The van der Waals surface area contributed by atoms with Crippen LogP contribution in [0.4, 0.5) is 15.0 Å². The van der Waals surface area contributed by atoms with Crippen molar-refractivity contribution in [3.63, 3.8) is 0 Å². The molecule has 0 saturated carbocycles. The molecule has 1 aliphatic rings. The molecule has 1 atom stereocenters. The highest BCUT2D eigenvalue weighted by Crippen LogP contribution is 2.41. The van der Waals surface area contributed by atoms with Gasteiger partial charge in [0.1, 0.15) is 24.8 Å². The summed E-state index contributed by atoms with van der Waals surface area (Å²) in [6.07, 6.45) is 0.936. The molecule has 0 fully saturated rings. The molecule has 3 rings (SSSR count). The maximum absolute atomic E-state index is 15.0. The summed E-state index contributed by atoms with van der Waals surface area (Å²) in [7, 11) is 0. The second-order valence-corrected chi connectivity index (χ2v) is 7.73. The lowest BCUT2D eigenvalue weighted by Crippen LogP contribution is -2.43. The van der Waals surface area contributed by atoms with E-state index in [1.165, 1.54) is 12.3 Å². The summed E-state index contributed by atoms with van der Waals surface area (Å²) < 4.78 is 26.3. The minimum absolute atomic E-state index is 0.0324. The summed E-state index contributed by atoms with van der Waals surface area (Å²) in [5.41, 5.74) is 7.19. The molecule has 0 aliphatic carbocycles. The van der Waals surface area contributed by atoms with E-state index in [1.54, 1.807) is 12.1 Å². The Labute approximate surface area is 162 Å². The number of nitrogens with one attached hydrogen (secondary N) is 1. The molecular formula is C20H24FN3O4. The van der Waals surface area contributed by atoms with Gasteiger partial charge in [0.25, 0.3) is 0 Å². The highest BCUT2D eigenvalue weighted by Gasteiger charge is 2.26. The number of carbonyl (C=O) groups is 1. The van der Waals surface area contributed by atoms with Gasteiger partial charge in [-0.3, -0.25) is 5.32 Å². The van der Waals surface area contributed by atoms with Gasteiger partial charge in [0, 0.05) is 16.7 Å². The summed E-state index contributed by atoms with van der Waals surface area (Å²) >= 11 is 0. The Kier molecular flexibility index (Phi) is 5.42. The summed E-state index contributed by atoms with van der Waals surface area (Å²) in [6.45, 7) is 6.25. The Hall–Kier alpha value is -2.87. The van der Waals surface area contributed by atoms with Crippen LogP contribution in [0, 0.1) is 11.7 Å². The molecule has 8 heteroatoms. The van der Waals surface area contributed by atoms with Gasteiger partial charge >= 0.3 is 6.09 Å². The molecule has 1 amide bonds. The molecule has 2 heterocycles. The largest absolute Gasteiger partial charge is 0.489 e. The third-order valence-corrected chi connectivity index (χ3v) is 4.40. The average Bonchev–Trinajstić information content (AvgIpc) is 2.59. The molecule has 2 aromatic rings. The predicted molar refractivity (Wildman–Crippen MR) is 103 cm³/mol. The Balaban J connectivity index is 1.87. The number of hydrogen-bond acceptors (Lipinski definition) is 5. The fraction of sp³-hybridized carbons (Fsp3) is 0.400. The number of ether oxygens (including phenoxy) is 2. The van der Waals surface area contributed by atoms with Crippen LogP contribution in [0.15, 0.2) is 24.4 Å². The molecule has 0 radical (unpaired) electrons. The van der Waals surface area contributed by atoms with Gasteiger partial charge in [-0.2, -0.15) is 0 Å². The number of carboxylic acid groups (broad SMARTS) is 1. The molecule has 0 bridgehead atoms. The van der Waals surface area contributed by atoms with Crippen LogP contribution in [-0.4, -0.2) is 28.3 Å². The topological polar surface area (TPSA) is 107 Å². The van der Waals surface area contributed by atoms with Crippen molar-refractivity contribution in [1.29, 1.82) is 0 Å². The fourth-order valence-electron chi connectivity index (χ4n) is 3.43. The molecule has 0 spiro atoms. The van der Waals surface area contributed by atoms with Crippen molar-refractivity contribution in [2.45, 2.75) is 39.3 Å². The van der Waals surface area contributed by atoms with E-state index in [1.807, 2.05) is 6.92 Å². The van der Waals surface area contributed by atoms with Crippen molar-refractivity contribution in [3.05, 3.63) is 35.8 Å². The van der Waals surface area contributed by atoms with Crippen molar-refractivity contribution in [2.24, 2.45) is 11.7 Å². The SMILES string of the molecule is CC(C)CC(C)(N)COc1ccc2c(c1F)COc1cnc(NC(=O)O)cc1-2. The quantitative estimate of drug-likeness (QED) is 0.689. The van der Waals surface area contributed by atoms with Gasteiger partial charge in [-0.15, -0.1) is 0 Å². The van der Waals surface area contributed by atoms with Gasteiger partial charge < -0.3 is 20.3 Å². The molecule has 1 aliphatic heterocycles. The third-order valence-electron chi connectivity index (χ3n) is 4.40. The van der Waals surface area contributed by atoms with Gasteiger partial charge in [-0.05, 0) is 43.0 Å². The van der Waals surface area contributed by atoms with Gasteiger partial charge in [0.05, 0.1) is 6.20 Å². The van der Waals surface area contributed by atoms with Crippen LogP contribution in [0.25, 0.3) is 11.1 Å². The number of amides is 1. The van der Waals surface area contributed by atoms with E-state index < -0.39 is 17.4 Å². The van der Waals surface area contributed by atoms with Crippen molar-refractivity contribution >= 4 is 11.9 Å². The number of anilines is 1. The zero-order valence-electron chi connectivity index (χ0n) is 16.1. The highest BCUT2D eigenvalue weighted by atomic mass is 19.1. The van der Waals surface area contributed by atoms with E-state index in [9.17, 15) is 4.79 Å². The lowest BCUT2D eigenvalue weighted by atomic mass is 9.92. The first kappa shape index (κ1) is 19.9. The molecular weight excluding hydrogens is 365 g/mol. The average molecular weight is 389 g/mol. The molecule has 1 aromatic carbocycles. The first-order valence-corrected chi connectivity index (χ1v) is 9.02. The third kappa shape index (κ3) is 4.33. The maximum atomic E-state index is 15.0. The molecule has 1 aromatic heterocycles. The molecule has 7 nitrogen and oxygen atoms in total. The van der Waals surface area contributed by atoms with Crippen LogP contribution >= 0.6 is 0 Å². The molecule has 1 unspecified atom stereocenters. The van der Waals surface area contributed by atoms with E-state index in [0.717, 1.165) is 6.42 Å². The number of nitrogens with zero attached hydrogens (tertiary/aromatic N) is 1. The van der Waals surface area contributed by atoms with Crippen LogP contribution in [-0.2, 0) is 6.61 Å². The zero-order valence-corrected chi connectivity index (χ0v) is 16.1. The number of benzene rings is 1. The number of nitrogens with two attached hydrogens (primary N) is 1. The minimum Gasteiger partial charge on any atom is -0.489 e. The Morgan fingerprint density at radius 1 is 1.46 bits per heavy atom. The lowest BCUT2D eigenvalue weighted by Gasteiger charge is -2.27. The summed E-state index contributed by atoms with van der Waals surface area (Å²) in [6, 6.07) is 4.80.